The molecule has 0 fully saturated rings. The number of esters is 1. The fourth-order valence-electron chi connectivity index (χ4n) is 2.10. The molecule has 112 valence electrons. The van der Waals surface area contributed by atoms with E-state index in [1.54, 1.807) is 23.9 Å². The highest BCUT2D eigenvalue weighted by molar-refractivity contribution is 5.96. The second-order valence-electron chi connectivity index (χ2n) is 4.56. The highest BCUT2D eigenvalue weighted by Crippen LogP contribution is 2.22. The summed E-state index contributed by atoms with van der Waals surface area (Å²) in [5.41, 5.74) is 8.68. The first kappa shape index (κ1) is 15.0. The zero-order valence-corrected chi connectivity index (χ0v) is 12.6. The number of rotatable bonds is 5. The maximum Gasteiger partial charge on any atom is 0.340 e. The Morgan fingerprint density at radius 1 is 1.33 bits per heavy atom. The molecule has 21 heavy (non-hydrogen) atoms. The summed E-state index contributed by atoms with van der Waals surface area (Å²) in [6.45, 7) is 6.14. The number of anilines is 1. The number of carbonyl (C=O) groups excluding carboxylic acids is 1. The van der Waals surface area contributed by atoms with Gasteiger partial charge in [0.1, 0.15) is 0 Å². The summed E-state index contributed by atoms with van der Waals surface area (Å²) >= 11 is 0. The number of aryl methyl sites for hydroxylation is 2. The monoisotopic (exact) mass is 288 g/mol. The number of carbonyl (C=O) groups is 1. The average molecular weight is 288 g/mol. The van der Waals surface area contributed by atoms with Gasteiger partial charge in [-0.05, 0) is 31.9 Å². The van der Waals surface area contributed by atoms with Gasteiger partial charge >= 0.3 is 5.97 Å². The number of nitrogen functional groups attached to an aromatic ring is 1. The number of nitrogens with two attached hydrogens (primary N) is 1. The Labute approximate surface area is 123 Å². The van der Waals surface area contributed by atoms with Crippen molar-refractivity contribution >= 4 is 11.7 Å². The van der Waals surface area contributed by atoms with Crippen molar-refractivity contribution < 1.29 is 9.53 Å². The topological polar surface area (TPSA) is 83.0 Å². The van der Waals surface area contributed by atoms with E-state index in [0.29, 0.717) is 18.0 Å². The lowest BCUT2D eigenvalue weighted by molar-refractivity contribution is 0.0527. The molecule has 0 aliphatic carbocycles. The van der Waals surface area contributed by atoms with Gasteiger partial charge in [-0.25, -0.2) is 14.5 Å². The first-order valence-corrected chi connectivity index (χ1v) is 7.12. The van der Waals surface area contributed by atoms with Crippen molar-refractivity contribution in [2.75, 3.05) is 12.3 Å². The molecule has 0 unspecified atom stereocenters. The van der Waals surface area contributed by atoms with Crippen LogP contribution < -0.4 is 5.73 Å². The first-order chi connectivity index (χ1) is 10.1. The summed E-state index contributed by atoms with van der Waals surface area (Å²) in [5, 5.41) is 4.50. The van der Waals surface area contributed by atoms with Crippen molar-refractivity contribution in [1.82, 2.24) is 14.8 Å². The summed E-state index contributed by atoms with van der Waals surface area (Å²) in [6, 6.07) is 3.59. The Morgan fingerprint density at radius 3 is 2.71 bits per heavy atom. The first-order valence-electron chi connectivity index (χ1n) is 7.12. The van der Waals surface area contributed by atoms with Crippen molar-refractivity contribution in [3.63, 3.8) is 0 Å². The fraction of sp³-hybridized carbons (Fsp3) is 0.400. The molecule has 0 saturated carbocycles. The summed E-state index contributed by atoms with van der Waals surface area (Å²) in [6.07, 6.45) is 3.18. The molecule has 0 aromatic carbocycles. The summed E-state index contributed by atoms with van der Waals surface area (Å²) < 4.78 is 6.71. The van der Waals surface area contributed by atoms with Crippen LogP contribution >= 0.6 is 0 Å². The molecular formula is C15H20N4O2. The normalized spacial score (nSPS) is 10.6. The standard InChI is InChI=1S/C15H20N4O2/c1-4-10-9-11(5-2)19(18-10)14-13(16)12(7-8-17-14)15(20)21-6-3/h7-9H,4-6,16H2,1-3H3. The van der Waals surface area contributed by atoms with E-state index in [9.17, 15) is 4.79 Å². The fourth-order valence-corrected chi connectivity index (χ4v) is 2.10. The van der Waals surface area contributed by atoms with E-state index in [0.717, 1.165) is 24.2 Å². The Balaban J connectivity index is 2.52. The second kappa shape index (κ2) is 6.39. The van der Waals surface area contributed by atoms with Crippen molar-refractivity contribution in [1.29, 1.82) is 0 Å². The predicted octanol–water partition coefficient (Wildman–Crippen LogP) is 2.15. The van der Waals surface area contributed by atoms with E-state index >= 15 is 0 Å². The van der Waals surface area contributed by atoms with E-state index < -0.39 is 5.97 Å². The molecule has 0 radical (unpaired) electrons. The van der Waals surface area contributed by atoms with Crippen molar-refractivity contribution in [3.05, 3.63) is 35.3 Å². The number of nitrogens with zero attached hydrogens (tertiary/aromatic N) is 3. The molecule has 0 aliphatic rings. The van der Waals surface area contributed by atoms with Gasteiger partial charge in [0.15, 0.2) is 5.82 Å². The minimum absolute atomic E-state index is 0.288. The molecule has 0 saturated heterocycles. The third kappa shape index (κ3) is 2.89. The molecule has 2 aromatic heterocycles. The highest BCUT2D eigenvalue weighted by Gasteiger charge is 2.18. The quantitative estimate of drug-likeness (QED) is 0.852. The molecule has 2 N–H and O–H groups in total. The lowest BCUT2D eigenvalue weighted by Gasteiger charge is -2.11. The summed E-state index contributed by atoms with van der Waals surface area (Å²) in [4.78, 5) is 16.2. The number of aromatic nitrogens is 3. The van der Waals surface area contributed by atoms with Crippen LogP contribution in [0.3, 0.4) is 0 Å². The van der Waals surface area contributed by atoms with Gasteiger partial charge in [0.05, 0.1) is 23.6 Å². The van der Waals surface area contributed by atoms with Gasteiger partial charge in [0.25, 0.3) is 0 Å². The largest absolute Gasteiger partial charge is 0.462 e. The van der Waals surface area contributed by atoms with Crippen LogP contribution in [-0.4, -0.2) is 27.3 Å². The molecule has 2 heterocycles. The van der Waals surface area contributed by atoms with E-state index in [1.165, 1.54) is 0 Å². The van der Waals surface area contributed by atoms with Crippen molar-refractivity contribution in [2.24, 2.45) is 0 Å². The third-order valence-electron chi connectivity index (χ3n) is 3.22. The zero-order chi connectivity index (χ0) is 15.4. The van der Waals surface area contributed by atoms with Crippen LogP contribution in [0.1, 0.15) is 42.5 Å². The van der Waals surface area contributed by atoms with E-state index in [2.05, 4.69) is 10.1 Å². The average Bonchev–Trinajstić information content (AvgIpc) is 2.91. The van der Waals surface area contributed by atoms with Gasteiger partial charge in [0, 0.05) is 11.9 Å². The molecule has 2 rings (SSSR count). The lowest BCUT2D eigenvalue weighted by Crippen LogP contribution is -2.13. The number of pyridine rings is 1. The molecular weight excluding hydrogens is 268 g/mol. The molecule has 0 atom stereocenters. The minimum Gasteiger partial charge on any atom is -0.462 e. The lowest BCUT2D eigenvalue weighted by atomic mass is 10.2. The molecule has 2 aromatic rings. The number of hydrogen-bond acceptors (Lipinski definition) is 5. The molecule has 0 aliphatic heterocycles. The molecule has 6 nitrogen and oxygen atoms in total. The maximum atomic E-state index is 11.9. The Morgan fingerprint density at radius 2 is 2.10 bits per heavy atom. The SMILES string of the molecule is CCOC(=O)c1ccnc(-n2nc(CC)cc2CC)c1N. The molecule has 0 bridgehead atoms. The Kier molecular flexibility index (Phi) is 4.57. The molecule has 6 heteroatoms. The van der Waals surface area contributed by atoms with Crippen LogP contribution in [0.5, 0.6) is 0 Å². The van der Waals surface area contributed by atoms with Crippen molar-refractivity contribution in [2.45, 2.75) is 33.6 Å². The van der Waals surface area contributed by atoms with Crippen LogP contribution in [0, 0.1) is 0 Å². The highest BCUT2D eigenvalue weighted by atomic mass is 16.5. The van der Waals surface area contributed by atoms with Crippen molar-refractivity contribution in [3.8, 4) is 5.82 Å². The van der Waals surface area contributed by atoms with Crippen LogP contribution in [0.25, 0.3) is 5.82 Å². The van der Waals surface area contributed by atoms with Gasteiger partial charge < -0.3 is 10.5 Å². The van der Waals surface area contributed by atoms with Gasteiger partial charge in [-0.3, -0.25) is 0 Å². The van der Waals surface area contributed by atoms with E-state index in [4.69, 9.17) is 10.5 Å². The van der Waals surface area contributed by atoms with Crippen LogP contribution in [0.4, 0.5) is 5.69 Å². The van der Waals surface area contributed by atoms with Crippen LogP contribution in [0.15, 0.2) is 18.3 Å². The van der Waals surface area contributed by atoms with Gasteiger partial charge in [-0.1, -0.05) is 13.8 Å². The smallest absolute Gasteiger partial charge is 0.340 e. The second-order valence-corrected chi connectivity index (χ2v) is 4.56. The van der Waals surface area contributed by atoms with Gasteiger partial charge in [-0.15, -0.1) is 0 Å². The zero-order valence-electron chi connectivity index (χ0n) is 12.6. The maximum absolute atomic E-state index is 11.9. The Hall–Kier alpha value is -2.37. The van der Waals surface area contributed by atoms with Gasteiger partial charge in [0.2, 0.25) is 0 Å². The molecule has 0 spiro atoms. The predicted molar refractivity (Wildman–Crippen MR) is 80.5 cm³/mol. The summed E-state index contributed by atoms with van der Waals surface area (Å²) in [7, 11) is 0. The van der Waals surface area contributed by atoms with Crippen LogP contribution in [-0.2, 0) is 17.6 Å². The summed E-state index contributed by atoms with van der Waals surface area (Å²) in [5.74, 6) is 0.0247. The van der Waals surface area contributed by atoms with Gasteiger partial charge in [-0.2, -0.15) is 5.10 Å². The molecule has 0 amide bonds. The van der Waals surface area contributed by atoms with Crippen LogP contribution in [0.2, 0.25) is 0 Å². The number of ether oxygens (including phenoxy) is 1. The Bertz CT molecular complexity index is 649. The minimum atomic E-state index is -0.445. The van der Waals surface area contributed by atoms with E-state index in [-0.39, 0.29) is 5.69 Å². The number of hydrogen-bond donors (Lipinski definition) is 1. The van der Waals surface area contributed by atoms with E-state index in [1.807, 2.05) is 19.9 Å². The third-order valence-corrected chi connectivity index (χ3v) is 3.22.